The van der Waals surface area contributed by atoms with E-state index in [1.165, 1.54) is 0 Å². The third kappa shape index (κ3) is 2.32. The van der Waals surface area contributed by atoms with E-state index in [0.717, 1.165) is 19.6 Å². The van der Waals surface area contributed by atoms with Gasteiger partial charge in [-0.15, -0.1) is 0 Å². The van der Waals surface area contributed by atoms with Gasteiger partial charge in [0.1, 0.15) is 5.60 Å². The summed E-state index contributed by atoms with van der Waals surface area (Å²) in [5.41, 5.74) is -0.384. The fourth-order valence-electron chi connectivity index (χ4n) is 2.54. The number of nitrogens with zero attached hydrogens (tertiary/aromatic N) is 1. The smallest absolute Gasteiger partial charge is 0.410 e. The van der Waals surface area contributed by atoms with Gasteiger partial charge in [0.15, 0.2) is 0 Å². The van der Waals surface area contributed by atoms with E-state index in [9.17, 15) is 4.79 Å². The molecule has 1 aliphatic carbocycles. The van der Waals surface area contributed by atoms with E-state index in [0.29, 0.717) is 17.9 Å². The molecule has 2 aliphatic rings. The molecule has 1 saturated heterocycles. The maximum atomic E-state index is 11.8. The van der Waals surface area contributed by atoms with Crippen LogP contribution in [0.15, 0.2) is 0 Å². The lowest BCUT2D eigenvalue weighted by atomic mass is 10.2. The zero-order valence-corrected chi connectivity index (χ0v) is 10.6. The summed E-state index contributed by atoms with van der Waals surface area (Å²) in [4.78, 5) is 13.6. The Morgan fingerprint density at radius 3 is 2.38 bits per heavy atom. The van der Waals surface area contributed by atoms with E-state index in [1.54, 1.807) is 0 Å². The number of ether oxygens (including phenoxy) is 1. The third-order valence-electron chi connectivity index (χ3n) is 3.29. The summed E-state index contributed by atoms with van der Waals surface area (Å²) in [5.74, 6) is 1.32. The Balaban J connectivity index is 1.78. The molecule has 0 spiro atoms. The molecule has 1 aliphatic heterocycles. The van der Waals surface area contributed by atoms with Gasteiger partial charge in [-0.1, -0.05) is 6.92 Å². The van der Waals surface area contributed by atoms with E-state index < -0.39 is 0 Å². The zero-order valence-electron chi connectivity index (χ0n) is 10.6. The Bertz CT molecular complexity index is 273. The average Bonchev–Trinajstić information content (AvgIpc) is 2.60. The van der Waals surface area contributed by atoms with Gasteiger partial charge in [-0.25, -0.2) is 4.79 Å². The summed E-state index contributed by atoms with van der Waals surface area (Å²) in [5, 5.41) is 3.45. The molecule has 2 rings (SSSR count). The summed E-state index contributed by atoms with van der Waals surface area (Å²) >= 11 is 0. The first-order chi connectivity index (χ1) is 7.42. The highest BCUT2D eigenvalue weighted by molar-refractivity contribution is 5.69. The molecular weight excluding hydrogens is 204 g/mol. The summed E-state index contributed by atoms with van der Waals surface area (Å²) in [6.07, 6.45) is -0.157. The van der Waals surface area contributed by atoms with Crippen molar-refractivity contribution in [3.05, 3.63) is 0 Å². The minimum Gasteiger partial charge on any atom is -0.444 e. The van der Waals surface area contributed by atoms with Crippen LogP contribution in [0, 0.1) is 11.8 Å². The molecule has 2 fully saturated rings. The number of likely N-dealkylation sites (tertiary alicyclic amines) is 1. The molecule has 2 unspecified atom stereocenters. The molecular formula is C12H22N2O2. The molecule has 0 aromatic heterocycles. The monoisotopic (exact) mass is 226 g/mol. The van der Waals surface area contributed by atoms with Gasteiger partial charge < -0.3 is 15.0 Å². The summed E-state index contributed by atoms with van der Waals surface area (Å²) in [6, 6.07) is 0.642. The number of hydrogen-bond acceptors (Lipinski definition) is 3. The Kier molecular flexibility index (Phi) is 2.86. The molecule has 1 amide bonds. The minimum atomic E-state index is -0.384. The third-order valence-corrected chi connectivity index (χ3v) is 3.29. The number of piperidine rings is 1. The Morgan fingerprint density at radius 2 is 1.94 bits per heavy atom. The van der Waals surface area contributed by atoms with Crippen molar-refractivity contribution in [2.45, 2.75) is 39.3 Å². The number of carbonyl (C=O) groups is 1. The number of amides is 1. The quantitative estimate of drug-likeness (QED) is 0.775. The summed E-state index contributed by atoms with van der Waals surface area (Å²) < 4.78 is 5.35. The van der Waals surface area contributed by atoms with Crippen LogP contribution in [0.2, 0.25) is 0 Å². The minimum absolute atomic E-state index is 0.157. The zero-order chi connectivity index (χ0) is 11.9. The second-order valence-electron chi connectivity index (χ2n) is 5.80. The number of carbonyl (C=O) groups excluding carboxylic acids is 1. The van der Waals surface area contributed by atoms with Crippen molar-refractivity contribution in [1.82, 2.24) is 10.2 Å². The first-order valence-corrected chi connectivity index (χ1v) is 6.13. The highest BCUT2D eigenvalue weighted by Gasteiger charge is 2.56. The second kappa shape index (κ2) is 3.91. The molecule has 92 valence electrons. The maximum Gasteiger partial charge on any atom is 0.410 e. The van der Waals surface area contributed by atoms with E-state index in [-0.39, 0.29) is 11.7 Å². The molecule has 1 saturated carbocycles. The summed E-state index contributed by atoms with van der Waals surface area (Å²) in [7, 11) is 0. The van der Waals surface area contributed by atoms with E-state index in [2.05, 4.69) is 12.2 Å². The van der Waals surface area contributed by atoms with Gasteiger partial charge >= 0.3 is 6.09 Å². The normalized spacial score (nSPS) is 32.5. The van der Waals surface area contributed by atoms with Crippen LogP contribution in [0.5, 0.6) is 0 Å². The van der Waals surface area contributed by atoms with Crippen LogP contribution in [0.4, 0.5) is 4.79 Å². The highest BCUT2D eigenvalue weighted by Crippen LogP contribution is 2.45. The number of nitrogens with one attached hydrogen (secondary N) is 1. The molecule has 1 N–H and O–H groups in total. The lowest BCUT2D eigenvalue weighted by Gasteiger charge is -2.25. The van der Waals surface area contributed by atoms with E-state index >= 15 is 0 Å². The molecule has 0 radical (unpaired) electrons. The molecule has 4 heteroatoms. The SMILES string of the molecule is CCNC1C2CN(C(=O)OC(C)(C)C)CC21. The second-order valence-corrected chi connectivity index (χ2v) is 5.80. The van der Waals surface area contributed by atoms with Crippen LogP contribution in [-0.2, 0) is 4.74 Å². The topological polar surface area (TPSA) is 41.6 Å². The largest absolute Gasteiger partial charge is 0.444 e. The molecule has 1 heterocycles. The van der Waals surface area contributed by atoms with Crippen molar-refractivity contribution in [3.8, 4) is 0 Å². The van der Waals surface area contributed by atoms with Crippen molar-refractivity contribution >= 4 is 6.09 Å². The van der Waals surface area contributed by atoms with Gasteiger partial charge in [0, 0.05) is 19.1 Å². The van der Waals surface area contributed by atoms with Crippen molar-refractivity contribution in [2.24, 2.45) is 11.8 Å². The molecule has 0 bridgehead atoms. The first kappa shape index (κ1) is 11.7. The number of rotatable bonds is 2. The number of hydrogen-bond donors (Lipinski definition) is 1. The van der Waals surface area contributed by atoms with Crippen LogP contribution in [0.25, 0.3) is 0 Å². The van der Waals surface area contributed by atoms with Crippen LogP contribution in [0.1, 0.15) is 27.7 Å². The van der Waals surface area contributed by atoms with Gasteiger partial charge in [-0.3, -0.25) is 0 Å². The van der Waals surface area contributed by atoms with Crippen LogP contribution in [0.3, 0.4) is 0 Å². The number of fused-ring (bicyclic) bond motifs is 1. The fraction of sp³-hybridized carbons (Fsp3) is 0.917. The van der Waals surface area contributed by atoms with Gasteiger partial charge in [0.2, 0.25) is 0 Å². The molecule has 2 atom stereocenters. The van der Waals surface area contributed by atoms with Gasteiger partial charge in [-0.2, -0.15) is 0 Å². The van der Waals surface area contributed by atoms with Crippen molar-refractivity contribution in [2.75, 3.05) is 19.6 Å². The van der Waals surface area contributed by atoms with Crippen LogP contribution < -0.4 is 5.32 Å². The Morgan fingerprint density at radius 1 is 1.38 bits per heavy atom. The van der Waals surface area contributed by atoms with Crippen molar-refractivity contribution < 1.29 is 9.53 Å². The van der Waals surface area contributed by atoms with Crippen LogP contribution in [-0.4, -0.2) is 42.3 Å². The molecule has 4 nitrogen and oxygen atoms in total. The predicted octanol–water partition coefficient (Wildman–Crippen LogP) is 1.46. The lowest BCUT2D eigenvalue weighted by molar-refractivity contribution is 0.0269. The maximum absolute atomic E-state index is 11.8. The van der Waals surface area contributed by atoms with Gasteiger partial charge in [-0.05, 0) is 39.2 Å². The lowest BCUT2D eigenvalue weighted by Crippen LogP contribution is -2.39. The highest BCUT2D eigenvalue weighted by atomic mass is 16.6. The van der Waals surface area contributed by atoms with E-state index in [1.807, 2.05) is 25.7 Å². The summed E-state index contributed by atoms with van der Waals surface area (Å²) in [6.45, 7) is 10.6. The van der Waals surface area contributed by atoms with Crippen LogP contribution >= 0.6 is 0 Å². The van der Waals surface area contributed by atoms with Gasteiger partial charge in [0.25, 0.3) is 0 Å². The molecule has 0 aromatic rings. The first-order valence-electron chi connectivity index (χ1n) is 6.13. The molecule has 16 heavy (non-hydrogen) atoms. The van der Waals surface area contributed by atoms with E-state index in [4.69, 9.17) is 4.74 Å². The standard InChI is InChI=1S/C12H22N2O2/c1-5-13-10-8-6-14(7-9(8)10)11(15)16-12(2,3)4/h8-10,13H,5-7H2,1-4H3. The average molecular weight is 226 g/mol. The molecule has 0 aromatic carbocycles. The van der Waals surface area contributed by atoms with Crippen molar-refractivity contribution in [3.63, 3.8) is 0 Å². The van der Waals surface area contributed by atoms with Gasteiger partial charge in [0.05, 0.1) is 0 Å². The fourth-order valence-corrected chi connectivity index (χ4v) is 2.54. The Labute approximate surface area is 97.3 Å². The van der Waals surface area contributed by atoms with Crippen molar-refractivity contribution in [1.29, 1.82) is 0 Å². The Hall–Kier alpha value is -0.770. The predicted molar refractivity (Wildman–Crippen MR) is 62.3 cm³/mol.